The second-order valence-electron chi connectivity index (χ2n) is 6.99. The molecule has 3 N–H and O–H groups in total. The zero-order valence-electron chi connectivity index (χ0n) is 15.4. The number of hydrogen-bond donors (Lipinski definition) is 2. The smallest absolute Gasteiger partial charge is 0.243 e. The van der Waals surface area contributed by atoms with E-state index >= 15 is 0 Å². The van der Waals surface area contributed by atoms with Gasteiger partial charge in [0.05, 0.1) is 4.90 Å². The number of phenols is 1. The van der Waals surface area contributed by atoms with Gasteiger partial charge in [0.1, 0.15) is 5.75 Å². The molecule has 6 heteroatoms. The summed E-state index contributed by atoms with van der Waals surface area (Å²) in [5, 5.41) is 9.40. The molecule has 0 aromatic heterocycles. The fourth-order valence-electron chi connectivity index (χ4n) is 2.81. The van der Waals surface area contributed by atoms with Gasteiger partial charge in [0.25, 0.3) is 0 Å². The highest BCUT2D eigenvalue weighted by Crippen LogP contribution is 2.20. The van der Waals surface area contributed by atoms with Crippen LogP contribution in [0.15, 0.2) is 59.5 Å². The topological polar surface area (TPSA) is 83.6 Å². The molecule has 2 aromatic rings. The summed E-state index contributed by atoms with van der Waals surface area (Å²) in [7, 11) is -3.61. The van der Waals surface area contributed by atoms with Gasteiger partial charge in [-0.05, 0) is 48.6 Å². The van der Waals surface area contributed by atoms with E-state index in [4.69, 9.17) is 5.73 Å². The van der Waals surface area contributed by atoms with Crippen LogP contribution < -0.4 is 5.73 Å². The molecule has 0 fully saturated rings. The second kappa shape index (κ2) is 9.16. The summed E-state index contributed by atoms with van der Waals surface area (Å²) in [4.78, 5) is 0.188. The van der Waals surface area contributed by atoms with Crippen LogP contribution >= 0.6 is 0 Å². The van der Waals surface area contributed by atoms with Crippen molar-refractivity contribution in [2.24, 2.45) is 11.7 Å². The molecule has 0 saturated carbocycles. The molecule has 1 atom stereocenters. The zero-order valence-corrected chi connectivity index (χ0v) is 16.2. The van der Waals surface area contributed by atoms with Gasteiger partial charge in [-0.3, -0.25) is 0 Å². The maximum absolute atomic E-state index is 13.0. The summed E-state index contributed by atoms with van der Waals surface area (Å²) in [5.74, 6) is 0.247. The fraction of sp³-hybridized carbons (Fsp3) is 0.400. The number of benzene rings is 2. The summed E-state index contributed by atoms with van der Waals surface area (Å²) in [5.41, 5.74) is 7.38. The van der Waals surface area contributed by atoms with Gasteiger partial charge in [0.2, 0.25) is 10.0 Å². The van der Waals surface area contributed by atoms with Crippen molar-refractivity contribution in [3.8, 4) is 5.75 Å². The van der Waals surface area contributed by atoms with Crippen LogP contribution in [0.1, 0.15) is 25.8 Å². The number of sulfonamides is 1. The third-order valence-electron chi connectivity index (χ3n) is 4.13. The molecule has 2 aromatic carbocycles. The Morgan fingerprint density at radius 1 is 1.04 bits per heavy atom. The number of phenolic OH excluding ortho intramolecular Hbond substituents is 1. The van der Waals surface area contributed by atoms with Crippen LogP contribution in [0.5, 0.6) is 5.75 Å². The van der Waals surface area contributed by atoms with Gasteiger partial charge in [-0.2, -0.15) is 4.31 Å². The maximum atomic E-state index is 13.0. The molecule has 0 unspecified atom stereocenters. The van der Waals surface area contributed by atoms with E-state index in [0.29, 0.717) is 19.5 Å². The number of rotatable bonds is 9. The Labute approximate surface area is 156 Å². The van der Waals surface area contributed by atoms with Crippen LogP contribution in [0.3, 0.4) is 0 Å². The Hall–Kier alpha value is -1.89. The van der Waals surface area contributed by atoms with E-state index < -0.39 is 10.0 Å². The van der Waals surface area contributed by atoms with Crippen LogP contribution in [0.2, 0.25) is 0 Å². The van der Waals surface area contributed by atoms with Crippen molar-refractivity contribution in [3.63, 3.8) is 0 Å². The molecule has 2 rings (SSSR count). The highest BCUT2D eigenvalue weighted by molar-refractivity contribution is 7.89. The van der Waals surface area contributed by atoms with E-state index in [1.165, 1.54) is 28.6 Å². The Morgan fingerprint density at radius 2 is 1.65 bits per heavy atom. The standard InChI is InChI=1S/C20H28N2O3S/c1-16(2)15-22(26(24,25)20-10-8-19(23)9-11-20)13-12-18(21)14-17-6-4-3-5-7-17/h3-11,16,18,23H,12-15,21H2,1-2H3/t18-/m1/s1. The van der Waals surface area contributed by atoms with Crippen molar-refractivity contribution < 1.29 is 13.5 Å². The molecule has 0 saturated heterocycles. The summed E-state index contributed by atoms with van der Waals surface area (Å²) >= 11 is 0. The normalized spacial score (nSPS) is 13.3. The first kappa shape index (κ1) is 20.4. The number of aromatic hydroxyl groups is 1. The molecule has 0 spiro atoms. The van der Waals surface area contributed by atoms with Crippen molar-refractivity contribution >= 4 is 10.0 Å². The molecule has 0 heterocycles. The lowest BCUT2D eigenvalue weighted by Gasteiger charge is -2.25. The van der Waals surface area contributed by atoms with E-state index in [1.54, 1.807) is 0 Å². The van der Waals surface area contributed by atoms with E-state index in [-0.39, 0.29) is 22.6 Å². The Morgan fingerprint density at radius 3 is 2.23 bits per heavy atom. The molecule has 142 valence electrons. The van der Waals surface area contributed by atoms with Gasteiger partial charge in [0, 0.05) is 19.1 Å². The fourth-order valence-corrected chi connectivity index (χ4v) is 4.43. The minimum absolute atomic E-state index is 0.0456. The monoisotopic (exact) mass is 376 g/mol. The molecule has 0 amide bonds. The average Bonchev–Trinajstić information content (AvgIpc) is 2.59. The van der Waals surface area contributed by atoms with E-state index in [0.717, 1.165) is 12.0 Å². The van der Waals surface area contributed by atoms with Crippen LogP contribution in [0.4, 0.5) is 0 Å². The minimum Gasteiger partial charge on any atom is -0.508 e. The van der Waals surface area contributed by atoms with E-state index in [9.17, 15) is 13.5 Å². The summed E-state index contributed by atoms with van der Waals surface area (Å²) < 4.78 is 27.4. The maximum Gasteiger partial charge on any atom is 0.243 e. The van der Waals surface area contributed by atoms with Crippen molar-refractivity contribution in [1.82, 2.24) is 4.31 Å². The van der Waals surface area contributed by atoms with Crippen molar-refractivity contribution in [2.75, 3.05) is 13.1 Å². The Bertz CT molecular complexity index is 774. The largest absolute Gasteiger partial charge is 0.508 e. The molecule has 0 aliphatic rings. The number of nitrogens with two attached hydrogens (primary N) is 1. The first-order valence-electron chi connectivity index (χ1n) is 8.87. The van der Waals surface area contributed by atoms with Crippen LogP contribution in [0, 0.1) is 5.92 Å². The minimum atomic E-state index is -3.61. The highest BCUT2D eigenvalue weighted by atomic mass is 32.2. The lowest BCUT2D eigenvalue weighted by atomic mass is 10.0. The van der Waals surface area contributed by atoms with Crippen LogP contribution in [0.25, 0.3) is 0 Å². The molecule has 0 aliphatic heterocycles. The van der Waals surface area contributed by atoms with Gasteiger partial charge < -0.3 is 10.8 Å². The third kappa shape index (κ3) is 5.83. The van der Waals surface area contributed by atoms with E-state index in [1.807, 2.05) is 44.2 Å². The van der Waals surface area contributed by atoms with Crippen LogP contribution in [-0.2, 0) is 16.4 Å². The average molecular weight is 377 g/mol. The lowest BCUT2D eigenvalue weighted by molar-refractivity contribution is 0.351. The summed E-state index contributed by atoms with van der Waals surface area (Å²) in [6.45, 7) is 4.78. The number of hydrogen-bond acceptors (Lipinski definition) is 4. The first-order chi connectivity index (χ1) is 12.3. The highest BCUT2D eigenvalue weighted by Gasteiger charge is 2.25. The first-order valence-corrected chi connectivity index (χ1v) is 10.3. The summed E-state index contributed by atoms with van der Waals surface area (Å²) in [6.07, 6.45) is 1.30. The van der Waals surface area contributed by atoms with Gasteiger partial charge in [-0.1, -0.05) is 44.2 Å². The van der Waals surface area contributed by atoms with Crippen molar-refractivity contribution in [1.29, 1.82) is 0 Å². The molecule has 5 nitrogen and oxygen atoms in total. The Kier molecular flexibility index (Phi) is 7.20. The molecule has 0 bridgehead atoms. The lowest BCUT2D eigenvalue weighted by Crippen LogP contribution is -2.38. The van der Waals surface area contributed by atoms with Gasteiger partial charge >= 0.3 is 0 Å². The number of nitrogens with zero attached hydrogens (tertiary/aromatic N) is 1. The predicted octanol–water partition coefficient (Wildman–Crippen LogP) is 3.00. The third-order valence-corrected chi connectivity index (χ3v) is 6.01. The quantitative estimate of drug-likeness (QED) is 0.705. The SMILES string of the molecule is CC(C)CN(CC[C@@H](N)Cc1ccccc1)S(=O)(=O)c1ccc(O)cc1. The van der Waals surface area contributed by atoms with Crippen molar-refractivity contribution in [2.45, 2.75) is 37.6 Å². The second-order valence-corrected chi connectivity index (χ2v) is 8.93. The van der Waals surface area contributed by atoms with Gasteiger partial charge in [0.15, 0.2) is 0 Å². The molecular weight excluding hydrogens is 348 g/mol. The van der Waals surface area contributed by atoms with Crippen LogP contribution in [-0.4, -0.2) is 37.0 Å². The predicted molar refractivity (Wildman–Crippen MR) is 104 cm³/mol. The Balaban J connectivity index is 2.07. The zero-order chi connectivity index (χ0) is 19.2. The van der Waals surface area contributed by atoms with Gasteiger partial charge in [-0.25, -0.2) is 8.42 Å². The molecule has 26 heavy (non-hydrogen) atoms. The summed E-state index contributed by atoms with van der Waals surface area (Å²) in [6, 6.07) is 15.5. The molecular formula is C20H28N2O3S. The molecule has 0 radical (unpaired) electrons. The van der Waals surface area contributed by atoms with E-state index in [2.05, 4.69) is 0 Å². The van der Waals surface area contributed by atoms with Gasteiger partial charge in [-0.15, -0.1) is 0 Å². The molecule has 0 aliphatic carbocycles. The van der Waals surface area contributed by atoms with Crippen molar-refractivity contribution in [3.05, 3.63) is 60.2 Å².